The van der Waals surface area contributed by atoms with Crippen LogP contribution in [-0.2, 0) is 13.0 Å². The molecule has 0 saturated heterocycles. The van der Waals surface area contributed by atoms with E-state index in [2.05, 4.69) is 12.1 Å². The molecule has 1 amide bonds. The first-order valence-corrected chi connectivity index (χ1v) is 12.4. The molecular weight excluding hydrogens is 493 g/mol. The summed E-state index contributed by atoms with van der Waals surface area (Å²) < 4.78 is 0. The minimum Gasteiger partial charge on any atom is -0.478 e. The molecule has 0 aliphatic carbocycles. The number of halogens is 2. The van der Waals surface area contributed by atoms with Gasteiger partial charge in [0.05, 0.1) is 5.56 Å². The molecule has 0 unspecified atom stereocenters. The highest BCUT2D eigenvalue weighted by molar-refractivity contribution is 6.33. The number of nitrogens with zero attached hydrogens (tertiary/aromatic N) is 1. The molecule has 4 aromatic rings. The Balaban J connectivity index is 1.56. The van der Waals surface area contributed by atoms with Crippen LogP contribution in [0.2, 0.25) is 10.0 Å². The van der Waals surface area contributed by atoms with Crippen LogP contribution in [0.4, 0.5) is 0 Å². The zero-order chi connectivity index (χ0) is 25.5. The van der Waals surface area contributed by atoms with Crippen LogP contribution in [0, 0.1) is 0 Å². The Hall–Kier alpha value is -3.60. The van der Waals surface area contributed by atoms with Crippen molar-refractivity contribution in [3.05, 3.63) is 129 Å². The minimum atomic E-state index is -0.992. The highest BCUT2D eigenvalue weighted by Crippen LogP contribution is 2.26. The van der Waals surface area contributed by atoms with Crippen molar-refractivity contribution in [3.8, 4) is 11.1 Å². The number of carbonyl (C=O) groups is 2. The lowest BCUT2D eigenvalue weighted by molar-refractivity contribution is 0.0696. The van der Waals surface area contributed by atoms with Gasteiger partial charge in [-0.05, 0) is 71.5 Å². The van der Waals surface area contributed by atoms with Gasteiger partial charge in [-0.1, -0.05) is 83.9 Å². The molecule has 4 nitrogen and oxygen atoms in total. The maximum Gasteiger partial charge on any atom is 0.336 e. The van der Waals surface area contributed by atoms with E-state index in [0.717, 1.165) is 24.0 Å². The number of amides is 1. The summed E-state index contributed by atoms with van der Waals surface area (Å²) in [6, 6.07) is 29.3. The number of hydrogen-bond donors (Lipinski definition) is 1. The van der Waals surface area contributed by atoms with Crippen LogP contribution in [0.3, 0.4) is 0 Å². The number of rotatable bonds is 9. The number of carbonyl (C=O) groups excluding carboxylic acids is 1. The molecule has 182 valence electrons. The summed E-state index contributed by atoms with van der Waals surface area (Å²) >= 11 is 12.6. The van der Waals surface area contributed by atoms with Crippen LogP contribution >= 0.6 is 23.2 Å². The van der Waals surface area contributed by atoms with Gasteiger partial charge in [0, 0.05) is 28.7 Å². The van der Waals surface area contributed by atoms with Crippen LogP contribution in [0.25, 0.3) is 11.1 Å². The zero-order valence-corrected chi connectivity index (χ0v) is 21.0. The van der Waals surface area contributed by atoms with Gasteiger partial charge in [-0.25, -0.2) is 4.79 Å². The van der Waals surface area contributed by atoms with Crippen molar-refractivity contribution >= 4 is 35.1 Å². The third-order valence-electron chi connectivity index (χ3n) is 5.99. The third-order valence-corrected chi connectivity index (χ3v) is 6.60. The van der Waals surface area contributed by atoms with E-state index in [-0.39, 0.29) is 11.5 Å². The fourth-order valence-corrected chi connectivity index (χ4v) is 4.51. The number of benzene rings is 4. The zero-order valence-electron chi connectivity index (χ0n) is 19.5. The molecule has 0 aromatic heterocycles. The minimum absolute atomic E-state index is 0.128. The predicted octanol–water partition coefficient (Wildman–Crippen LogP) is 7.63. The van der Waals surface area contributed by atoms with Crippen molar-refractivity contribution in [3.63, 3.8) is 0 Å². The molecule has 4 aromatic carbocycles. The first-order valence-electron chi connectivity index (χ1n) is 11.6. The monoisotopic (exact) mass is 517 g/mol. The van der Waals surface area contributed by atoms with Gasteiger partial charge in [0.25, 0.3) is 5.91 Å². The number of aromatic carboxylic acids is 1. The van der Waals surface area contributed by atoms with Crippen molar-refractivity contribution in [2.45, 2.75) is 19.4 Å². The lowest BCUT2D eigenvalue weighted by atomic mass is 9.98. The van der Waals surface area contributed by atoms with Gasteiger partial charge in [0.2, 0.25) is 0 Å². The molecule has 6 heteroatoms. The molecule has 0 aliphatic heterocycles. The van der Waals surface area contributed by atoms with Gasteiger partial charge in [0.1, 0.15) is 0 Å². The Morgan fingerprint density at radius 2 is 1.50 bits per heavy atom. The van der Waals surface area contributed by atoms with E-state index < -0.39 is 5.97 Å². The summed E-state index contributed by atoms with van der Waals surface area (Å²) in [5, 5.41) is 10.6. The largest absolute Gasteiger partial charge is 0.478 e. The highest BCUT2D eigenvalue weighted by atomic mass is 35.5. The fraction of sp³-hybridized carbons (Fsp3) is 0.133. The molecule has 0 bridgehead atoms. The van der Waals surface area contributed by atoms with E-state index >= 15 is 0 Å². The maximum absolute atomic E-state index is 13.6. The summed E-state index contributed by atoms with van der Waals surface area (Å²) in [6.07, 6.45) is 1.64. The number of aryl methyl sites for hydroxylation is 1. The van der Waals surface area contributed by atoms with Crippen molar-refractivity contribution in [1.29, 1.82) is 0 Å². The van der Waals surface area contributed by atoms with E-state index in [1.807, 2.05) is 18.2 Å². The standard InChI is InChI=1S/C30H25Cl2NO3/c31-25-16-17-28(32)24(19-25)20-33(18-6-9-21-7-2-1-3-8-21)29(34)23-14-12-22(13-15-23)26-10-4-5-11-27(26)30(35)36/h1-5,7-8,10-17,19H,6,9,18,20H2,(H,35,36). The molecule has 0 atom stereocenters. The van der Waals surface area contributed by atoms with Crippen LogP contribution < -0.4 is 0 Å². The van der Waals surface area contributed by atoms with E-state index in [1.54, 1.807) is 71.6 Å². The summed E-state index contributed by atoms with van der Waals surface area (Å²) in [5.74, 6) is -1.12. The highest BCUT2D eigenvalue weighted by Gasteiger charge is 2.18. The fourth-order valence-electron chi connectivity index (χ4n) is 4.14. The number of hydrogen-bond acceptors (Lipinski definition) is 2. The quantitative estimate of drug-likeness (QED) is 0.248. The molecule has 0 aliphatic rings. The summed E-state index contributed by atoms with van der Waals surface area (Å²) in [5.41, 5.74) is 4.07. The Kier molecular flexibility index (Phi) is 8.42. The summed E-state index contributed by atoms with van der Waals surface area (Å²) in [7, 11) is 0. The first-order chi connectivity index (χ1) is 17.4. The van der Waals surface area contributed by atoms with E-state index in [4.69, 9.17) is 23.2 Å². The smallest absolute Gasteiger partial charge is 0.336 e. The second-order valence-electron chi connectivity index (χ2n) is 8.48. The normalized spacial score (nSPS) is 10.7. The maximum atomic E-state index is 13.6. The lowest BCUT2D eigenvalue weighted by Gasteiger charge is -2.24. The van der Waals surface area contributed by atoms with Gasteiger partial charge >= 0.3 is 5.97 Å². The van der Waals surface area contributed by atoms with Gasteiger partial charge < -0.3 is 10.0 Å². The van der Waals surface area contributed by atoms with Gasteiger partial charge in [-0.15, -0.1) is 0 Å². The van der Waals surface area contributed by atoms with E-state index in [1.165, 1.54) is 5.56 Å². The van der Waals surface area contributed by atoms with Crippen molar-refractivity contribution < 1.29 is 14.7 Å². The van der Waals surface area contributed by atoms with Gasteiger partial charge in [0.15, 0.2) is 0 Å². The van der Waals surface area contributed by atoms with Crippen LogP contribution in [0.15, 0.2) is 97.1 Å². The Bertz CT molecular complexity index is 1350. The Labute approximate surface area is 220 Å². The Morgan fingerprint density at radius 1 is 0.806 bits per heavy atom. The molecule has 4 rings (SSSR count). The van der Waals surface area contributed by atoms with Gasteiger partial charge in [-0.3, -0.25) is 4.79 Å². The molecule has 0 spiro atoms. The van der Waals surface area contributed by atoms with Crippen LogP contribution in [-0.4, -0.2) is 28.4 Å². The first kappa shape index (κ1) is 25.5. The molecule has 0 fully saturated rings. The molecule has 0 saturated carbocycles. The summed E-state index contributed by atoms with van der Waals surface area (Å²) in [6.45, 7) is 0.872. The van der Waals surface area contributed by atoms with E-state index in [0.29, 0.717) is 34.3 Å². The second kappa shape index (κ2) is 11.9. The molecule has 0 radical (unpaired) electrons. The van der Waals surface area contributed by atoms with Crippen molar-refractivity contribution in [2.75, 3.05) is 6.54 Å². The average Bonchev–Trinajstić information content (AvgIpc) is 2.90. The molecule has 36 heavy (non-hydrogen) atoms. The van der Waals surface area contributed by atoms with Crippen LogP contribution in [0.5, 0.6) is 0 Å². The molecular formula is C30H25Cl2NO3. The second-order valence-corrected chi connectivity index (χ2v) is 9.32. The van der Waals surface area contributed by atoms with E-state index in [9.17, 15) is 14.7 Å². The molecule has 1 N–H and O–H groups in total. The van der Waals surface area contributed by atoms with Crippen molar-refractivity contribution in [2.24, 2.45) is 0 Å². The van der Waals surface area contributed by atoms with Gasteiger partial charge in [-0.2, -0.15) is 0 Å². The molecule has 0 heterocycles. The number of carboxylic acid groups (broad SMARTS) is 1. The SMILES string of the molecule is O=C(O)c1ccccc1-c1ccc(C(=O)N(CCCc2ccccc2)Cc2cc(Cl)ccc2Cl)cc1. The lowest BCUT2D eigenvalue weighted by Crippen LogP contribution is -2.32. The van der Waals surface area contributed by atoms with Crippen molar-refractivity contribution in [1.82, 2.24) is 4.90 Å². The Morgan fingerprint density at radius 3 is 2.22 bits per heavy atom. The van der Waals surface area contributed by atoms with Crippen LogP contribution in [0.1, 0.15) is 38.3 Å². The average molecular weight is 518 g/mol. The summed E-state index contributed by atoms with van der Waals surface area (Å²) in [4.78, 5) is 27.0. The third kappa shape index (κ3) is 6.34. The number of carboxylic acids is 1. The topological polar surface area (TPSA) is 57.6 Å². The predicted molar refractivity (Wildman–Crippen MR) is 145 cm³/mol.